The summed E-state index contributed by atoms with van der Waals surface area (Å²) in [7, 11) is 1.51. The predicted octanol–water partition coefficient (Wildman–Crippen LogP) is 1.93. The number of rotatable bonds is 2. The largest absolute Gasteiger partial charge is 0.504 e. The van der Waals surface area contributed by atoms with Gasteiger partial charge in [-0.25, -0.2) is 0 Å². The second kappa shape index (κ2) is 4.43. The molecule has 0 aliphatic heterocycles. The third kappa shape index (κ3) is 2.89. The Labute approximate surface area is 95.2 Å². The summed E-state index contributed by atoms with van der Waals surface area (Å²) in [5, 5.41) is 12.3. The van der Waals surface area contributed by atoms with Crippen LogP contribution in [0.5, 0.6) is 11.5 Å². The van der Waals surface area contributed by atoms with E-state index in [1.54, 1.807) is 18.2 Å². The molecule has 0 radical (unpaired) electrons. The number of phenolic OH excluding ortho intramolecular Hbond substituents is 1. The van der Waals surface area contributed by atoms with Crippen molar-refractivity contribution in [2.75, 3.05) is 7.05 Å². The number of phenols is 1. The van der Waals surface area contributed by atoms with E-state index in [9.17, 15) is 9.90 Å². The standard InChI is InChI=1S/C12H17NO3/c1-12(2,3)16-9-7-5-6-8(10(9)14)11(15)13-4/h5-7,14H,1-4H3,(H,13,15). The van der Waals surface area contributed by atoms with Crippen molar-refractivity contribution in [2.45, 2.75) is 26.4 Å². The molecule has 88 valence electrons. The molecular weight excluding hydrogens is 206 g/mol. The van der Waals surface area contributed by atoms with Crippen LogP contribution < -0.4 is 10.1 Å². The normalized spacial score (nSPS) is 11.0. The molecule has 0 saturated carbocycles. The van der Waals surface area contributed by atoms with Gasteiger partial charge in [0.1, 0.15) is 5.60 Å². The van der Waals surface area contributed by atoms with Gasteiger partial charge < -0.3 is 15.2 Å². The Morgan fingerprint density at radius 1 is 1.38 bits per heavy atom. The summed E-state index contributed by atoms with van der Waals surface area (Å²) in [6, 6.07) is 4.85. The monoisotopic (exact) mass is 223 g/mol. The minimum absolute atomic E-state index is 0.128. The van der Waals surface area contributed by atoms with Crippen LogP contribution in [0.2, 0.25) is 0 Å². The first-order chi connectivity index (χ1) is 7.35. The molecular formula is C12H17NO3. The van der Waals surface area contributed by atoms with Crippen molar-refractivity contribution in [2.24, 2.45) is 0 Å². The number of benzene rings is 1. The van der Waals surface area contributed by atoms with E-state index >= 15 is 0 Å². The SMILES string of the molecule is CNC(=O)c1cccc(OC(C)(C)C)c1O. The van der Waals surface area contributed by atoms with E-state index in [0.29, 0.717) is 5.75 Å². The zero-order valence-electron chi connectivity index (χ0n) is 10.00. The Hall–Kier alpha value is -1.71. The van der Waals surface area contributed by atoms with E-state index < -0.39 is 5.60 Å². The molecule has 2 N–H and O–H groups in total. The van der Waals surface area contributed by atoms with Gasteiger partial charge in [-0.1, -0.05) is 6.07 Å². The van der Waals surface area contributed by atoms with Crippen LogP contribution in [0, 0.1) is 0 Å². The number of carbonyl (C=O) groups is 1. The number of ether oxygens (including phenoxy) is 1. The summed E-state index contributed by atoms with van der Waals surface area (Å²) in [5.41, 5.74) is -0.206. The lowest BCUT2D eigenvalue weighted by molar-refractivity contribution is 0.0954. The number of hydrogen-bond acceptors (Lipinski definition) is 3. The van der Waals surface area contributed by atoms with Crippen molar-refractivity contribution >= 4 is 5.91 Å². The predicted molar refractivity (Wildman–Crippen MR) is 61.9 cm³/mol. The molecule has 16 heavy (non-hydrogen) atoms. The molecule has 0 aromatic heterocycles. The molecule has 0 fully saturated rings. The van der Waals surface area contributed by atoms with Crippen LogP contribution in [0.15, 0.2) is 18.2 Å². The van der Waals surface area contributed by atoms with Crippen LogP contribution in [-0.4, -0.2) is 23.7 Å². The van der Waals surface area contributed by atoms with Crippen LogP contribution in [0.1, 0.15) is 31.1 Å². The molecule has 0 aliphatic carbocycles. The summed E-state index contributed by atoms with van der Waals surface area (Å²) in [6.07, 6.45) is 0. The second-order valence-electron chi connectivity index (χ2n) is 4.45. The Morgan fingerprint density at radius 2 is 2.00 bits per heavy atom. The van der Waals surface area contributed by atoms with Gasteiger partial charge >= 0.3 is 0 Å². The quantitative estimate of drug-likeness (QED) is 0.805. The summed E-state index contributed by atoms with van der Waals surface area (Å²) in [4.78, 5) is 11.4. The van der Waals surface area contributed by atoms with Crippen molar-refractivity contribution in [3.8, 4) is 11.5 Å². The third-order valence-electron chi connectivity index (χ3n) is 1.89. The summed E-state index contributed by atoms with van der Waals surface area (Å²) < 4.78 is 5.54. The van der Waals surface area contributed by atoms with Crippen molar-refractivity contribution in [3.05, 3.63) is 23.8 Å². The third-order valence-corrected chi connectivity index (χ3v) is 1.89. The van der Waals surface area contributed by atoms with Crippen LogP contribution >= 0.6 is 0 Å². The maximum absolute atomic E-state index is 11.4. The smallest absolute Gasteiger partial charge is 0.254 e. The zero-order chi connectivity index (χ0) is 12.3. The highest BCUT2D eigenvalue weighted by Crippen LogP contribution is 2.32. The maximum atomic E-state index is 11.4. The summed E-state index contributed by atoms with van der Waals surface area (Å²) in [6.45, 7) is 5.62. The van der Waals surface area contributed by atoms with E-state index in [1.165, 1.54) is 7.05 Å². The van der Waals surface area contributed by atoms with Gasteiger partial charge in [-0.3, -0.25) is 4.79 Å². The zero-order valence-corrected chi connectivity index (χ0v) is 10.00. The lowest BCUT2D eigenvalue weighted by atomic mass is 10.1. The van der Waals surface area contributed by atoms with Gasteiger partial charge in [-0.15, -0.1) is 0 Å². The minimum Gasteiger partial charge on any atom is -0.504 e. The molecule has 0 bridgehead atoms. The van der Waals surface area contributed by atoms with Crippen molar-refractivity contribution < 1.29 is 14.6 Å². The molecule has 0 heterocycles. The topological polar surface area (TPSA) is 58.6 Å². The Balaban J connectivity index is 3.09. The van der Waals surface area contributed by atoms with Gasteiger partial charge in [0, 0.05) is 7.05 Å². The lowest BCUT2D eigenvalue weighted by Gasteiger charge is -2.22. The highest BCUT2D eigenvalue weighted by molar-refractivity contribution is 5.97. The van der Waals surface area contributed by atoms with E-state index in [-0.39, 0.29) is 17.2 Å². The number of carbonyl (C=O) groups excluding carboxylic acids is 1. The fraction of sp³-hybridized carbons (Fsp3) is 0.417. The molecule has 4 heteroatoms. The first-order valence-corrected chi connectivity index (χ1v) is 5.08. The van der Waals surface area contributed by atoms with Crippen LogP contribution in [-0.2, 0) is 0 Å². The molecule has 0 saturated heterocycles. The number of aromatic hydroxyl groups is 1. The molecule has 4 nitrogen and oxygen atoms in total. The molecule has 1 aromatic rings. The molecule has 0 spiro atoms. The highest BCUT2D eigenvalue weighted by Gasteiger charge is 2.18. The first-order valence-electron chi connectivity index (χ1n) is 5.08. The molecule has 0 unspecified atom stereocenters. The maximum Gasteiger partial charge on any atom is 0.254 e. The number of nitrogens with one attached hydrogen (secondary N) is 1. The molecule has 1 amide bonds. The van der Waals surface area contributed by atoms with Gasteiger partial charge in [0.25, 0.3) is 5.91 Å². The van der Waals surface area contributed by atoms with Gasteiger partial charge in [-0.2, -0.15) is 0 Å². The number of amides is 1. The van der Waals surface area contributed by atoms with E-state index in [2.05, 4.69) is 5.32 Å². The van der Waals surface area contributed by atoms with E-state index in [4.69, 9.17) is 4.74 Å². The average molecular weight is 223 g/mol. The molecule has 1 aromatic carbocycles. The Morgan fingerprint density at radius 3 is 2.50 bits per heavy atom. The van der Waals surface area contributed by atoms with E-state index in [0.717, 1.165) is 0 Å². The Kier molecular flexibility index (Phi) is 3.42. The average Bonchev–Trinajstić information content (AvgIpc) is 2.18. The molecule has 0 atom stereocenters. The summed E-state index contributed by atoms with van der Waals surface area (Å²) in [5.74, 6) is -0.151. The van der Waals surface area contributed by atoms with Gasteiger partial charge in [-0.05, 0) is 32.9 Å². The van der Waals surface area contributed by atoms with Crippen LogP contribution in [0.3, 0.4) is 0 Å². The Bertz CT molecular complexity index is 394. The fourth-order valence-electron chi connectivity index (χ4n) is 1.25. The van der Waals surface area contributed by atoms with Gasteiger partial charge in [0.15, 0.2) is 11.5 Å². The minimum atomic E-state index is -0.418. The van der Waals surface area contributed by atoms with Crippen molar-refractivity contribution in [1.29, 1.82) is 0 Å². The lowest BCUT2D eigenvalue weighted by Crippen LogP contribution is -2.23. The van der Waals surface area contributed by atoms with Gasteiger partial charge in [0.2, 0.25) is 0 Å². The fourth-order valence-corrected chi connectivity index (χ4v) is 1.25. The number of hydrogen-bond donors (Lipinski definition) is 2. The highest BCUT2D eigenvalue weighted by atomic mass is 16.5. The van der Waals surface area contributed by atoms with Crippen LogP contribution in [0.25, 0.3) is 0 Å². The second-order valence-corrected chi connectivity index (χ2v) is 4.45. The number of para-hydroxylation sites is 1. The van der Waals surface area contributed by atoms with Gasteiger partial charge in [0.05, 0.1) is 5.56 Å². The van der Waals surface area contributed by atoms with Crippen molar-refractivity contribution in [3.63, 3.8) is 0 Å². The van der Waals surface area contributed by atoms with Crippen molar-refractivity contribution in [1.82, 2.24) is 5.32 Å². The van der Waals surface area contributed by atoms with Crippen LogP contribution in [0.4, 0.5) is 0 Å². The summed E-state index contributed by atoms with van der Waals surface area (Å²) >= 11 is 0. The van der Waals surface area contributed by atoms with E-state index in [1.807, 2.05) is 20.8 Å². The molecule has 0 aliphatic rings. The molecule has 1 rings (SSSR count). The first kappa shape index (κ1) is 12.4.